The predicted molar refractivity (Wildman–Crippen MR) is 134 cm³/mol. The van der Waals surface area contributed by atoms with Crippen LogP contribution in [-0.4, -0.2) is 54.3 Å². The van der Waals surface area contributed by atoms with E-state index in [0.717, 1.165) is 28.6 Å². The number of carbonyl (C=O) groups is 1. The van der Waals surface area contributed by atoms with E-state index in [1.807, 2.05) is 18.2 Å². The minimum Gasteiger partial charge on any atom is -0.497 e. The monoisotopic (exact) mass is 536 g/mol. The van der Waals surface area contributed by atoms with Crippen LogP contribution >= 0.6 is 11.6 Å². The van der Waals surface area contributed by atoms with Gasteiger partial charge >= 0.3 is 5.97 Å². The Kier molecular flexibility index (Phi) is 8.44. The van der Waals surface area contributed by atoms with Gasteiger partial charge in [0.05, 0.1) is 23.1 Å². The van der Waals surface area contributed by atoms with Gasteiger partial charge in [0.1, 0.15) is 18.1 Å². The molecule has 1 aromatic heterocycles. The molecule has 6 nitrogen and oxygen atoms in total. The number of rotatable bonds is 10. The van der Waals surface area contributed by atoms with Crippen molar-refractivity contribution in [1.29, 1.82) is 0 Å². The summed E-state index contributed by atoms with van der Waals surface area (Å²) in [6.45, 7) is 1.70. The predicted octanol–water partition coefficient (Wildman–Crippen LogP) is 5.88. The molecule has 37 heavy (non-hydrogen) atoms. The fraction of sp³-hybridized carbons (Fsp3) is 0.407. The summed E-state index contributed by atoms with van der Waals surface area (Å²) in [5, 5.41) is 11.5. The van der Waals surface area contributed by atoms with Crippen molar-refractivity contribution in [3.05, 3.63) is 64.6 Å². The molecule has 2 aromatic carbocycles. The van der Waals surface area contributed by atoms with Gasteiger partial charge in [0, 0.05) is 30.3 Å². The summed E-state index contributed by atoms with van der Waals surface area (Å²) in [7, 11) is 1.59. The highest BCUT2D eigenvalue weighted by atomic mass is 35.5. The summed E-state index contributed by atoms with van der Waals surface area (Å²) in [5.41, 5.74) is 0.886. The van der Waals surface area contributed by atoms with E-state index in [1.165, 1.54) is 0 Å². The lowest BCUT2D eigenvalue weighted by atomic mass is 9.74. The van der Waals surface area contributed by atoms with Crippen molar-refractivity contribution >= 4 is 28.5 Å². The molecule has 10 heteroatoms. The molecule has 4 rings (SSSR count). The maximum atomic E-state index is 13.3. The molecule has 1 aliphatic heterocycles. The van der Waals surface area contributed by atoms with E-state index in [1.54, 1.807) is 13.3 Å². The van der Waals surface area contributed by atoms with Crippen molar-refractivity contribution in [3.63, 3.8) is 0 Å². The lowest BCUT2D eigenvalue weighted by Gasteiger charge is -2.39. The SMILES string of the molecule is COc1ccc2ncc(Cl)c(CCCC3(C(=O)O)CCN(CCOc4cc(F)c(F)c(F)c4)CC3)c2c1. The summed E-state index contributed by atoms with van der Waals surface area (Å²) in [5.74, 6) is -4.35. The van der Waals surface area contributed by atoms with Gasteiger partial charge in [-0.3, -0.25) is 14.7 Å². The Labute approximate surface area is 218 Å². The number of ether oxygens (including phenoxy) is 2. The van der Waals surface area contributed by atoms with Crippen LogP contribution in [0, 0.1) is 22.9 Å². The van der Waals surface area contributed by atoms with Gasteiger partial charge in [0.2, 0.25) is 0 Å². The first kappa shape index (κ1) is 27.0. The second-order valence-corrected chi connectivity index (χ2v) is 9.71. The number of nitrogens with zero attached hydrogens (tertiary/aromatic N) is 2. The first-order valence-corrected chi connectivity index (χ1v) is 12.4. The molecule has 1 aliphatic rings. The Balaban J connectivity index is 1.32. The number of halogens is 4. The van der Waals surface area contributed by atoms with Crippen LogP contribution in [-0.2, 0) is 11.2 Å². The lowest BCUT2D eigenvalue weighted by molar-refractivity contribution is -0.152. The first-order valence-electron chi connectivity index (χ1n) is 12.1. The van der Waals surface area contributed by atoms with E-state index in [-0.39, 0.29) is 12.4 Å². The fourth-order valence-electron chi connectivity index (χ4n) is 4.87. The molecule has 1 N–H and O–H groups in total. The van der Waals surface area contributed by atoms with E-state index < -0.39 is 28.8 Å². The van der Waals surface area contributed by atoms with Gasteiger partial charge in [-0.15, -0.1) is 0 Å². The van der Waals surface area contributed by atoms with Crippen molar-refractivity contribution in [2.75, 3.05) is 33.4 Å². The average Bonchev–Trinajstić information content (AvgIpc) is 2.89. The fourth-order valence-corrected chi connectivity index (χ4v) is 5.12. The molecular formula is C27H28ClF3N2O4. The third kappa shape index (κ3) is 6.10. The maximum Gasteiger partial charge on any atom is 0.309 e. The van der Waals surface area contributed by atoms with Crippen LogP contribution in [0.5, 0.6) is 11.5 Å². The number of carboxylic acids is 1. The number of benzene rings is 2. The number of hydrogen-bond acceptors (Lipinski definition) is 5. The Morgan fingerprint density at radius 1 is 1.14 bits per heavy atom. The Morgan fingerprint density at radius 3 is 2.49 bits per heavy atom. The summed E-state index contributed by atoms with van der Waals surface area (Å²) in [4.78, 5) is 18.7. The second-order valence-electron chi connectivity index (χ2n) is 9.30. The number of pyridine rings is 1. The van der Waals surface area contributed by atoms with Crippen molar-refractivity contribution in [3.8, 4) is 11.5 Å². The van der Waals surface area contributed by atoms with Gasteiger partial charge < -0.3 is 14.6 Å². The molecule has 1 fully saturated rings. The van der Waals surface area contributed by atoms with Gasteiger partial charge in [0.15, 0.2) is 17.5 Å². The number of fused-ring (bicyclic) bond motifs is 1. The highest BCUT2D eigenvalue weighted by molar-refractivity contribution is 6.32. The highest BCUT2D eigenvalue weighted by Gasteiger charge is 2.40. The number of aryl methyl sites for hydroxylation is 1. The van der Waals surface area contributed by atoms with E-state index in [4.69, 9.17) is 21.1 Å². The summed E-state index contributed by atoms with van der Waals surface area (Å²) >= 11 is 6.46. The molecule has 198 valence electrons. The van der Waals surface area contributed by atoms with Crippen LogP contribution in [0.4, 0.5) is 13.2 Å². The molecule has 3 aromatic rings. The van der Waals surface area contributed by atoms with Crippen LogP contribution in [0.1, 0.15) is 31.2 Å². The average molecular weight is 537 g/mol. The molecule has 0 saturated carbocycles. The molecule has 0 spiro atoms. The van der Waals surface area contributed by atoms with Gasteiger partial charge in [0.25, 0.3) is 0 Å². The van der Waals surface area contributed by atoms with E-state index in [9.17, 15) is 23.1 Å². The largest absolute Gasteiger partial charge is 0.497 e. The van der Waals surface area contributed by atoms with E-state index in [2.05, 4.69) is 9.88 Å². The van der Waals surface area contributed by atoms with Crippen molar-refractivity contribution < 1.29 is 32.5 Å². The number of aromatic nitrogens is 1. The zero-order valence-corrected chi connectivity index (χ0v) is 21.2. The zero-order chi connectivity index (χ0) is 26.6. The summed E-state index contributed by atoms with van der Waals surface area (Å²) < 4.78 is 50.5. The lowest BCUT2D eigenvalue weighted by Crippen LogP contribution is -2.45. The van der Waals surface area contributed by atoms with Crippen molar-refractivity contribution in [2.45, 2.75) is 32.1 Å². The van der Waals surface area contributed by atoms with Crippen LogP contribution in [0.15, 0.2) is 36.5 Å². The van der Waals surface area contributed by atoms with Gasteiger partial charge in [-0.1, -0.05) is 11.6 Å². The van der Waals surface area contributed by atoms with Gasteiger partial charge in [-0.2, -0.15) is 0 Å². The minimum absolute atomic E-state index is 0.0896. The van der Waals surface area contributed by atoms with Crippen LogP contribution in [0.2, 0.25) is 5.02 Å². The van der Waals surface area contributed by atoms with Crippen molar-refractivity contribution in [2.24, 2.45) is 5.41 Å². The number of methoxy groups -OCH3 is 1. The Bertz CT molecular complexity index is 1260. The van der Waals surface area contributed by atoms with E-state index in [0.29, 0.717) is 62.5 Å². The quantitative estimate of drug-likeness (QED) is 0.326. The van der Waals surface area contributed by atoms with Crippen molar-refractivity contribution in [1.82, 2.24) is 9.88 Å². The third-order valence-corrected chi connectivity index (χ3v) is 7.44. The molecule has 0 radical (unpaired) electrons. The number of aliphatic carboxylic acids is 1. The molecule has 0 bridgehead atoms. The van der Waals surface area contributed by atoms with Gasteiger partial charge in [-0.25, -0.2) is 13.2 Å². The zero-order valence-electron chi connectivity index (χ0n) is 20.4. The van der Waals surface area contributed by atoms with Crippen LogP contribution < -0.4 is 9.47 Å². The third-order valence-electron chi connectivity index (χ3n) is 7.12. The number of likely N-dealkylation sites (tertiary alicyclic amines) is 1. The van der Waals surface area contributed by atoms with Crippen LogP contribution in [0.25, 0.3) is 10.9 Å². The summed E-state index contributed by atoms with van der Waals surface area (Å²) in [6, 6.07) is 7.21. The van der Waals surface area contributed by atoms with Gasteiger partial charge in [-0.05, 0) is 69.0 Å². The smallest absolute Gasteiger partial charge is 0.309 e. The molecule has 0 atom stereocenters. The molecule has 0 unspecified atom stereocenters. The number of hydrogen-bond donors (Lipinski definition) is 1. The standard InChI is InChI=1S/C27H28ClF3N2O4/c1-36-17-4-5-24-20(13-17)19(21(28)16-32-24)3-2-6-27(26(34)35)7-9-33(10-8-27)11-12-37-18-14-22(29)25(31)23(30)15-18/h4-5,13-16H,2-3,6-12H2,1H3,(H,34,35). The molecular weight excluding hydrogens is 509 g/mol. The molecule has 1 saturated heterocycles. The first-order chi connectivity index (χ1) is 17.7. The second kappa shape index (κ2) is 11.6. The maximum absolute atomic E-state index is 13.3. The molecule has 0 amide bonds. The highest BCUT2D eigenvalue weighted by Crippen LogP contribution is 2.38. The minimum atomic E-state index is -1.53. The topological polar surface area (TPSA) is 71.9 Å². The molecule has 2 heterocycles. The van der Waals surface area contributed by atoms with E-state index >= 15 is 0 Å². The normalized spacial score (nSPS) is 15.6. The molecule has 0 aliphatic carbocycles. The number of piperidine rings is 1. The Morgan fingerprint density at radius 2 is 1.84 bits per heavy atom. The van der Waals surface area contributed by atoms with Crippen LogP contribution in [0.3, 0.4) is 0 Å². The Hall–Kier alpha value is -3.04. The number of carboxylic acid groups (broad SMARTS) is 1. The summed E-state index contributed by atoms with van der Waals surface area (Å²) in [6.07, 6.45) is 4.33.